The first-order valence-electron chi connectivity index (χ1n) is 4.66. The molecule has 3 nitrogen and oxygen atoms in total. The van der Waals surface area contributed by atoms with Crippen LogP contribution in [0.5, 0.6) is 0 Å². The maximum atomic E-state index is 11.5. The van der Waals surface area contributed by atoms with E-state index >= 15 is 0 Å². The lowest BCUT2D eigenvalue weighted by Gasteiger charge is -2.08. The van der Waals surface area contributed by atoms with E-state index in [1.165, 1.54) is 6.26 Å². The van der Waals surface area contributed by atoms with Gasteiger partial charge in [0, 0.05) is 6.54 Å². The molecule has 0 bridgehead atoms. The second-order valence-electron chi connectivity index (χ2n) is 3.33. The van der Waals surface area contributed by atoms with Crippen LogP contribution in [0.25, 0.3) is 0 Å². The van der Waals surface area contributed by atoms with E-state index in [0.29, 0.717) is 18.0 Å². The molecule has 0 saturated carbocycles. The molecule has 1 rings (SSSR count). The van der Waals surface area contributed by atoms with Gasteiger partial charge in [-0.2, -0.15) is 0 Å². The van der Waals surface area contributed by atoms with E-state index in [1.807, 2.05) is 0 Å². The first-order chi connectivity index (χ1) is 6.65. The highest BCUT2D eigenvalue weighted by Crippen LogP contribution is 2.16. The Morgan fingerprint density at radius 2 is 2.43 bits per heavy atom. The zero-order valence-corrected chi connectivity index (χ0v) is 9.10. The number of carbonyl (C=O) groups excluding carboxylic acids is 1. The Balaban J connectivity index is 2.47. The maximum absolute atomic E-state index is 11.5. The Morgan fingerprint density at radius 1 is 1.71 bits per heavy atom. The van der Waals surface area contributed by atoms with Crippen molar-refractivity contribution in [2.24, 2.45) is 5.92 Å². The normalized spacial score (nSPS) is 12.5. The minimum absolute atomic E-state index is 0.145. The average Bonchev–Trinajstić information content (AvgIpc) is 2.60. The fourth-order valence-corrected chi connectivity index (χ4v) is 1.16. The van der Waals surface area contributed by atoms with Crippen molar-refractivity contribution in [3.8, 4) is 0 Å². The van der Waals surface area contributed by atoms with E-state index in [1.54, 1.807) is 6.07 Å². The molecule has 1 atom stereocenters. The molecule has 1 unspecified atom stereocenters. The Morgan fingerprint density at radius 3 is 2.93 bits per heavy atom. The smallest absolute Gasteiger partial charge is 0.256 e. The highest BCUT2D eigenvalue weighted by molar-refractivity contribution is 6.32. The van der Waals surface area contributed by atoms with E-state index in [-0.39, 0.29) is 11.1 Å². The zero-order valence-electron chi connectivity index (χ0n) is 8.34. The highest BCUT2D eigenvalue weighted by Gasteiger charge is 2.12. The topological polar surface area (TPSA) is 42.2 Å². The van der Waals surface area contributed by atoms with Crippen LogP contribution in [0, 0.1) is 5.92 Å². The lowest BCUT2D eigenvalue weighted by Crippen LogP contribution is -2.27. The van der Waals surface area contributed by atoms with Gasteiger partial charge >= 0.3 is 0 Å². The predicted octanol–water partition coefficient (Wildman–Crippen LogP) is 2.71. The van der Waals surface area contributed by atoms with Gasteiger partial charge in [-0.3, -0.25) is 4.79 Å². The van der Waals surface area contributed by atoms with E-state index < -0.39 is 0 Å². The molecule has 0 aromatic carbocycles. The second-order valence-corrected chi connectivity index (χ2v) is 3.67. The fraction of sp³-hybridized carbons (Fsp3) is 0.500. The molecule has 0 radical (unpaired) electrons. The van der Waals surface area contributed by atoms with Gasteiger partial charge in [-0.05, 0) is 23.6 Å². The number of nitrogens with one attached hydrogen (secondary N) is 1. The SMILES string of the molecule is CCC(C)CNC(=O)c1ccoc1Cl. The van der Waals surface area contributed by atoms with Crippen LogP contribution in [0.1, 0.15) is 30.6 Å². The molecule has 4 heteroatoms. The summed E-state index contributed by atoms with van der Waals surface area (Å²) in [5.41, 5.74) is 0.398. The second kappa shape index (κ2) is 5.05. The Labute approximate surface area is 88.4 Å². The van der Waals surface area contributed by atoms with Gasteiger partial charge in [0.1, 0.15) is 0 Å². The number of rotatable bonds is 4. The van der Waals surface area contributed by atoms with E-state index in [2.05, 4.69) is 19.2 Å². The molecular formula is C10H14ClNO2. The molecule has 14 heavy (non-hydrogen) atoms. The quantitative estimate of drug-likeness (QED) is 0.839. The number of carbonyl (C=O) groups is 1. The average molecular weight is 216 g/mol. The van der Waals surface area contributed by atoms with Gasteiger partial charge in [0.15, 0.2) is 0 Å². The van der Waals surface area contributed by atoms with Gasteiger partial charge in [-0.1, -0.05) is 20.3 Å². The van der Waals surface area contributed by atoms with Gasteiger partial charge in [0.25, 0.3) is 5.91 Å². The molecule has 78 valence electrons. The van der Waals surface area contributed by atoms with Crippen LogP contribution >= 0.6 is 11.6 Å². The van der Waals surface area contributed by atoms with Gasteiger partial charge in [-0.15, -0.1) is 0 Å². The summed E-state index contributed by atoms with van der Waals surface area (Å²) < 4.78 is 4.82. The highest BCUT2D eigenvalue weighted by atomic mass is 35.5. The standard InChI is InChI=1S/C10H14ClNO2/c1-3-7(2)6-12-10(13)8-4-5-14-9(8)11/h4-5,7H,3,6H2,1-2H3,(H,12,13). The van der Waals surface area contributed by atoms with Crippen molar-refractivity contribution >= 4 is 17.5 Å². The molecule has 1 amide bonds. The van der Waals surface area contributed by atoms with E-state index in [4.69, 9.17) is 16.0 Å². The molecule has 1 aromatic heterocycles. The summed E-state index contributed by atoms with van der Waals surface area (Å²) in [6, 6.07) is 1.56. The van der Waals surface area contributed by atoms with Crippen LogP contribution in [-0.4, -0.2) is 12.5 Å². The van der Waals surface area contributed by atoms with Crippen molar-refractivity contribution in [3.05, 3.63) is 23.1 Å². The first kappa shape index (κ1) is 11.1. The van der Waals surface area contributed by atoms with Crippen molar-refractivity contribution in [1.82, 2.24) is 5.32 Å². The maximum Gasteiger partial charge on any atom is 0.256 e. The van der Waals surface area contributed by atoms with Crippen molar-refractivity contribution in [2.45, 2.75) is 20.3 Å². The molecule has 0 aliphatic rings. The third-order valence-corrected chi connectivity index (χ3v) is 2.46. The van der Waals surface area contributed by atoms with Crippen molar-refractivity contribution < 1.29 is 9.21 Å². The van der Waals surface area contributed by atoms with Gasteiger partial charge in [-0.25, -0.2) is 0 Å². The summed E-state index contributed by atoms with van der Waals surface area (Å²) in [4.78, 5) is 11.5. The summed E-state index contributed by atoms with van der Waals surface area (Å²) >= 11 is 5.66. The van der Waals surface area contributed by atoms with Crippen LogP contribution in [-0.2, 0) is 0 Å². The molecule has 0 saturated heterocycles. The molecule has 0 aliphatic heterocycles. The molecule has 0 fully saturated rings. The largest absolute Gasteiger partial charge is 0.452 e. The number of amides is 1. The van der Waals surface area contributed by atoms with Crippen molar-refractivity contribution in [2.75, 3.05) is 6.54 Å². The van der Waals surface area contributed by atoms with Gasteiger partial charge in [0.2, 0.25) is 5.22 Å². The Bertz CT molecular complexity index is 309. The van der Waals surface area contributed by atoms with Crippen LogP contribution in [0.15, 0.2) is 16.7 Å². The summed E-state index contributed by atoms with van der Waals surface area (Å²) in [6.07, 6.45) is 2.44. The van der Waals surface area contributed by atoms with Gasteiger partial charge in [0.05, 0.1) is 11.8 Å². The monoisotopic (exact) mass is 215 g/mol. The van der Waals surface area contributed by atoms with E-state index in [9.17, 15) is 4.79 Å². The minimum Gasteiger partial charge on any atom is -0.452 e. The summed E-state index contributed by atoms with van der Waals surface area (Å²) in [5.74, 6) is 0.300. The minimum atomic E-state index is -0.177. The molecule has 0 aliphatic carbocycles. The first-order valence-corrected chi connectivity index (χ1v) is 5.04. The summed E-state index contributed by atoms with van der Waals surface area (Å²) in [7, 11) is 0. The van der Waals surface area contributed by atoms with Gasteiger partial charge < -0.3 is 9.73 Å². The number of furan rings is 1. The van der Waals surface area contributed by atoms with Crippen LogP contribution < -0.4 is 5.32 Å². The fourth-order valence-electron chi connectivity index (χ4n) is 0.962. The predicted molar refractivity (Wildman–Crippen MR) is 55.5 cm³/mol. The summed E-state index contributed by atoms with van der Waals surface area (Å²) in [6.45, 7) is 4.83. The van der Waals surface area contributed by atoms with Crippen molar-refractivity contribution in [3.63, 3.8) is 0 Å². The number of hydrogen-bond donors (Lipinski definition) is 1. The molecule has 1 N–H and O–H groups in total. The zero-order chi connectivity index (χ0) is 10.6. The Hall–Kier alpha value is -0.960. The van der Waals surface area contributed by atoms with Crippen molar-refractivity contribution in [1.29, 1.82) is 0 Å². The van der Waals surface area contributed by atoms with Crippen LogP contribution in [0.3, 0.4) is 0 Å². The number of halogens is 1. The lowest BCUT2D eigenvalue weighted by molar-refractivity contribution is 0.0947. The third kappa shape index (κ3) is 2.77. The van der Waals surface area contributed by atoms with Crippen LogP contribution in [0.2, 0.25) is 5.22 Å². The third-order valence-electron chi connectivity index (χ3n) is 2.17. The molecular weight excluding hydrogens is 202 g/mol. The summed E-state index contributed by atoms with van der Waals surface area (Å²) in [5, 5.41) is 2.94. The van der Waals surface area contributed by atoms with Crippen LogP contribution in [0.4, 0.5) is 0 Å². The lowest BCUT2D eigenvalue weighted by atomic mass is 10.1. The molecule has 0 spiro atoms. The molecule has 1 heterocycles. The molecule has 1 aromatic rings. The number of hydrogen-bond acceptors (Lipinski definition) is 2. The van der Waals surface area contributed by atoms with E-state index in [0.717, 1.165) is 6.42 Å². The Kier molecular flexibility index (Phi) is 4.01.